The fourth-order valence-corrected chi connectivity index (χ4v) is 4.79. The average Bonchev–Trinajstić information content (AvgIpc) is 3.42. The van der Waals surface area contributed by atoms with Crippen LogP contribution in [-0.2, 0) is 16.1 Å². The molecule has 3 amide bonds. The summed E-state index contributed by atoms with van der Waals surface area (Å²) < 4.78 is 2.20. The number of likely N-dealkylation sites (tertiary alicyclic amines) is 1. The van der Waals surface area contributed by atoms with Crippen molar-refractivity contribution < 1.29 is 14.4 Å². The van der Waals surface area contributed by atoms with Crippen LogP contribution in [0.5, 0.6) is 0 Å². The lowest BCUT2D eigenvalue weighted by Crippen LogP contribution is -2.40. The van der Waals surface area contributed by atoms with Crippen molar-refractivity contribution in [2.75, 3.05) is 19.6 Å². The number of amides is 3. The van der Waals surface area contributed by atoms with E-state index in [4.69, 9.17) is 0 Å². The van der Waals surface area contributed by atoms with Crippen molar-refractivity contribution in [1.29, 1.82) is 0 Å². The molecule has 0 bridgehead atoms. The fraction of sp³-hybridized carbons (Fsp3) is 0.348. The highest BCUT2D eigenvalue weighted by Gasteiger charge is 2.37. The van der Waals surface area contributed by atoms with Crippen LogP contribution < -0.4 is 0 Å². The number of aryl methyl sites for hydroxylation is 1. The molecule has 0 saturated carbocycles. The fourth-order valence-electron chi connectivity index (χ4n) is 3.96. The topological polar surface area (TPSA) is 62.6 Å². The van der Waals surface area contributed by atoms with E-state index in [1.807, 2.05) is 38.1 Å². The Hall–Kier alpha value is -2.80. The molecule has 2 aromatic rings. The second-order valence-electron chi connectivity index (χ2n) is 7.75. The number of thioether (sulfide) groups is 1. The lowest BCUT2D eigenvalue weighted by Gasteiger charge is -2.18. The number of carbonyl (C=O) groups is 3. The van der Waals surface area contributed by atoms with Crippen LogP contribution in [0.25, 0.3) is 6.08 Å². The van der Waals surface area contributed by atoms with Crippen molar-refractivity contribution in [3.05, 3.63) is 63.8 Å². The van der Waals surface area contributed by atoms with Gasteiger partial charge in [-0.3, -0.25) is 19.3 Å². The molecular weight excluding hydrogens is 398 g/mol. The number of carbonyl (C=O) groups excluding carboxylic acids is 3. The molecular formula is C23H25N3O3S. The van der Waals surface area contributed by atoms with Gasteiger partial charge in [0.15, 0.2) is 0 Å². The summed E-state index contributed by atoms with van der Waals surface area (Å²) in [6, 6.07) is 12.2. The Morgan fingerprint density at radius 2 is 1.80 bits per heavy atom. The van der Waals surface area contributed by atoms with E-state index < -0.39 is 0 Å². The molecule has 0 aliphatic carbocycles. The normalized spacial score (nSPS) is 18.1. The van der Waals surface area contributed by atoms with Gasteiger partial charge in [0.2, 0.25) is 5.91 Å². The summed E-state index contributed by atoms with van der Waals surface area (Å²) in [7, 11) is 0. The molecule has 0 N–H and O–H groups in total. The van der Waals surface area contributed by atoms with Gasteiger partial charge in [-0.2, -0.15) is 0 Å². The number of imide groups is 1. The Labute approximate surface area is 180 Å². The third kappa shape index (κ3) is 4.07. The summed E-state index contributed by atoms with van der Waals surface area (Å²) in [6.45, 7) is 6.04. The smallest absolute Gasteiger partial charge is 0.294 e. The Bertz CT molecular complexity index is 1020. The van der Waals surface area contributed by atoms with E-state index in [0.717, 1.165) is 53.0 Å². The van der Waals surface area contributed by atoms with E-state index in [2.05, 4.69) is 16.7 Å². The summed E-state index contributed by atoms with van der Waals surface area (Å²) in [5.41, 5.74) is 4.24. The van der Waals surface area contributed by atoms with E-state index in [-0.39, 0.29) is 23.6 Å². The number of nitrogens with zero attached hydrogens (tertiary/aromatic N) is 3. The van der Waals surface area contributed by atoms with Crippen LogP contribution in [0.1, 0.15) is 35.4 Å². The van der Waals surface area contributed by atoms with Gasteiger partial charge < -0.3 is 9.47 Å². The molecule has 2 aliphatic rings. The van der Waals surface area contributed by atoms with Crippen molar-refractivity contribution in [1.82, 2.24) is 14.4 Å². The van der Waals surface area contributed by atoms with Gasteiger partial charge in [-0.15, -0.1) is 0 Å². The Kier molecular flexibility index (Phi) is 5.81. The zero-order valence-electron chi connectivity index (χ0n) is 17.3. The first kappa shape index (κ1) is 20.5. The highest BCUT2D eigenvalue weighted by molar-refractivity contribution is 8.18. The SMILES string of the molecule is Cc1cc(/C=C2\SC(=O)N(CC(=O)N3CCCC3)C2=O)c(C)n1Cc1ccccc1. The Balaban J connectivity index is 1.52. The second-order valence-corrected chi connectivity index (χ2v) is 8.75. The number of hydrogen-bond donors (Lipinski definition) is 0. The second kappa shape index (κ2) is 8.52. The molecule has 0 unspecified atom stereocenters. The van der Waals surface area contributed by atoms with Crippen LogP contribution in [0.3, 0.4) is 0 Å². The third-order valence-corrected chi connectivity index (χ3v) is 6.62. The van der Waals surface area contributed by atoms with E-state index in [9.17, 15) is 14.4 Å². The van der Waals surface area contributed by atoms with Crippen LogP contribution in [-0.4, -0.2) is 51.1 Å². The zero-order valence-corrected chi connectivity index (χ0v) is 18.1. The Morgan fingerprint density at radius 1 is 1.10 bits per heavy atom. The van der Waals surface area contributed by atoms with Crippen molar-refractivity contribution in [3.63, 3.8) is 0 Å². The van der Waals surface area contributed by atoms with Gasteiger partial charge in [0.1, 0.15) is 6.54 Å². The minimum Gasteiger partial charge on any atom is -0.344 e. The largest absolute Gasteiger partial charge is 0.344 e. The molecule has 7 heteroatoms. The minimum absolute atomic E-state index is 0.155. The van der Waals surface area contributed by atoms with Crippen molar-refractivity contribution in [2.45, 2.75) is 33.2 Å². The Morgan fingerprint density at radius 3 is 2.50 bits per heavy atom. The molecule has 4 rings (SSSR count). The van der Waals surface area contributed by atoms with Crippen molar-refractivity contribution >= 4 is 34.9 Å². The maximum absolute atomic E-state index is 12.8. The summed E-state index contributed by atoms with van der Waals surface area (Å²) in [5.74, 6) is -0.539. The first-order valence-corrected chi connectivity index (χ1v) is 11.0. The van der Waals surface area contributed by atoms with Crippen LogP contribution in [0.4, 0.5) is 4.79 Å². The number of benzene rings is 1. The van der Waals surface area contributed by atoms with E-state index in [1.54, 1.807) is 11.0 Å². The average molecular weight is 424 g/mol. The van der Waals surface area contributed by atoms with Gasteiger partial charge in [0.25, 0.3) is 11.1 Å². The molecule has 3 heterocycles. The summed E-state index contributed by atoms with van der Waals surface area (Å²) in [5, 5.41) is -0.378. The minimum atomic E-state index is -0.384. The third-order valence-electron chi connectivity index (χ3n) is 5.71. The number of hydrogen-bond acceptors (Lipinski definition) is 4. The predicted molar refractivity (Wildman–Crippen MR) is 118 cm³/mol. The van der Waals surface area contributed by atoms with Gasteiger partial charge in [0.05, 0.1) is 4.91 Å². The van der Waals surface area contributed by atoms with Crippen LogP contribution in [0.2, 0.25) is 0 Å². The molecule has 0 atom stereocenters. The van der Waals surface area contributed by atoms with Gasteiger partial charge in [0, 0.05) is 31.0 Å². The number of aromatic nitrogens is 1. The predicted octanol–water partition coefficient (Wildman–Crippen LogP) is 3.81. The first-order valence-electron chi connectivity index (χ1n) is 10.2. The molecule has 0 radical (unpaired) electrons. The molecule has 1 aromatic heterocycles. The highest BCUT2D eigenvalue weighted by Crippen LogP contribution is 2.33. The van der Waals surface area contributed by atoms with Gasteiger partial charge in [-0.1, -0.05) is 30.3 Å². The molecule has 30 heavy (non-hydrogen) atoms. The van der Waals surface area contributed by atoms with Crippen molar-refractivity contribution in [3.8, 4) is 0 Å². The van der Waals surface area contributed by atoms with E-state index in [0.29, 0.717) is 18.0 Å². The molecule has 6 nitrogen and oxygen atoms in total. The van der Waals surface area contributed by atoms with Gasteiger partial charge >= 0.3 is 0 Å². The monoisotopic (exact) mass is 423 g/mol. The summed E-state index contributed by atoms with van der Waals surface area (Å²) in [4.78, 5) is 40.7. The highest BCUT2D eigenvalue weighted by atomic mass is 32.2. The zero-order chi connectivity index (χ0) is 21.3. The van der Waals surface area contributed by atoms with Gasteiger partial charge in [-0.05, 0) is 61.7 Å². The van der Waals surface area contributed by atoms with Crippen molar-refractivity contribution in [2.24, 2.45) is 0 Å². The maximum Gasteiger partial charge on any atom is 0.294 e. The lowest BCUT2D eigenvalue weighted by atomic mass is 10.2. The van der Waals surface area contributed by atoms with Crippen LogP contribution in [0.15, 0.2) is 41.3 Å². The summed E-state index contributed by atoms with van der Waals surface area (Å²) in [6.07, 6.45) is 3.73. The maximum atomic E-state index is 12.8. The lowest BCUT2D eigenvalue weighted by molar-refractivity contribution is -0.135. The van der Waals surface area contributed by atoms with Crippen LogP contribution in [0, 0.1) is 13.8 Å². The summed E-state index contributed by atoms with van der Waals surface area (Å²) >= 11 is 0.907. The molecule has 2 fully saturated rings. The van der Waals surface area contributed by atoms with E-state index in [1.165, 1.54) is 5.56 Å². The van der Waals surface area contributed by atoms with E-state index >= 15 is 0 Å². The number of rotatable bonds is 5. The van der Waals surface area contributed by atoms with Gasteiger partial charge in [-0.25, -0.2) is 0 Å². The molecule has 1 aromatic carbocycles. The first-order chi connectivity index (χ1) is 14.4. The quantitative estimate of drug-likeness (QED) is 0.686. The molecule has 0 spiro atoms. The van der Waals surface area contributed by atoms with Crippen LogP contribution >= 0.6 is 11.8 Å². The molecule has 2 aliphatic heterocycles. The molecule has 156 valence electrons. The standard InChI is InChI=1S/C23H25N3O3S/c1-16-12-19(17(2)25(16)14-18-8-4-3-5-9-18)13-20-22(28)26(23(29)30-20)15-21(27)24-10-6-7-11-24/h3-5,8-9,12-13H,6-7,10-11,14-15H2,1-2H3/b20-13-. The molecule has 2 saturated heterocycles.